The van der Waals surface area contributed by atoms with Crippen molar-refractivity contribution in [1.82, 2.24) is 0 Å². The average Bonchev–Trinajstić information content (AvgIpc) is 3.50. The molecule has 106 heavy (non-hydrogen) atoms. The van der Waals surface area contributed by atoms with E-state index in [9.17, 15) is 0 Å². The summed E-state index contributed by atoms with van der Waals surface area (Å²) >= 11 is 4.68. The summed E-state index contributed by atoms with van der Waals surface area (Å²) in [5.41, 5.74) is 6.83. The molecule has 0 heterocycles. The van der Waals surface area contributed by atoms with Crippen LogP contribution in [0.3, 0.4) is 0 Å². The quantitative estimate of drug-likeness (QED) is 0.0844. The Morgan fingerprint density at radius 2 is 0.283 bits per heavy atom. The molecule has 0 spiro atoms. The molecule has 0 amide bonds. The van der Waals surface area contributed by atoms with E-state index in [1.54, 1.807) is 145 Å². The van der Waals surface area contributed by atoms with Crippen LogP contribution in [0.5, 0.6) is 0 Å². The van der Waals surface area contributed by atoms with E-state index in [0.29, 0.717) is 11.8 Å². The first-order valence-corrected chi connectivity index (χ1v) is 34.2. The van der Waals surface area contributed by atoms with Crippen molar-refractivity contribution in [3.05, 3.63) is 138 Å². The monoisotopic (exact) mass is 1790 g/mol. The molecular formula is C83H202I2O21. The van der Waals surface area contributed by atoms with E-state index in [1.165, 1.54) is 35.0 Å². The summed E-state index contributed by atoms with van der Waals surface area (Å²) in [7, 11) is 0. The third-order valence-corrected chi connectivity index (χ3v) is 7.06. The summed E-state index contributed by atoms with van der Waals surface area (Å²) < 4.78 is 2.58. The molecule has 0 aliphatic heterocycles. The zero-order valence-corrected chi connectivity index (χ0v) is 67.8. The maximum absolute atomic E-state index is 7.57. The Hall–Kier alpha value is -2.50. The van der Waals surface area contributed by atoms with Gasteiger partial charge in [0.1, 0.15) is 0 Å². The summed E-state index contributed by atoms with van der Waals surface area (Å²) in [5, 5.41) is 159. The van der Waals surface area contributed by atoms with Crippen LogP contribution in [0.1, 0.15) is 288 Å². The summed E-state index contributed by atoms with van der Waals surface area (Å²) in [6, 6.07) is 36.9. The Kier molecular flexibility index (Phi) is 528. The molecule has 0 aromatic heterocycles. The van der Waals surface area contributed by atoms with Crippen molar-refractivity contribution in [3.8, 4) is 0 Å². The van der Waals surface area contributed by atoms with E-state index in [1.807, 2.05) is 0 Å². The highest BCUT2D eigenvalue weighted by Gasteiger charge is 2.08. The highest BCUT2D eigenvalue weighted by Crippen LogP contribution is 2.25. The van der Waals surface area contributed by atoms with E-state index in [4.69, 9.17) is 107 Å². The molecule has 23 heteroatoms. The number of benzene rings is 4. The van der Waals surface area contributed by atoms with Crippen LogP contribution in [-0.2, 0) is 0 Å². The SMILES string of the molecule is C.C.C.C.C.C.C.C.C.C.C.C.CC(c1ccc(I)cc1)c1ccc(I)cc1.CCO.CCO.CCO.CCO.CCO.CCO.CCO.CCO.CCO.CCO.CCO.CCO.CCO.CCO.CCO.CCO.CCO.CCO.CCO.CCO.CCO.Cc1ccc(C(C)c2ccccc2)cc1. The number of aryl methyl sites for hydroxylation is 1. The van der Waals surface area contributed by atoms with Crippen molar-refractivity contribution in [1.29, 1.82) is 0 Å². The van der Waals surface area contributed by atoms with Crippen molar-refractivity contribution in [3.63, 3.8) is 0 Å². The smallest absolute Gasteiger partial charge is 0.0402 e. The van der Waals surface area contributed by atoms with Gasteiger partial charge in [0.25, 0.3) is 0 Å². The molecule has 4 rings (SSSR count). The molecule has 21 N–H and O–H groups in total. The Bertz CT molecular complexity index is 1330. The molecule has 4 aromatic carbocycles. The molecule has 0 fully saturated rings. The zero-order chi connectivity index (χ0) is 79.1. The van der Waals surface area contributed by atoms with Crippen molar-refractivity contribution in [2.75, 3.05) is 139 Å². The molecule has 4 aromatic rings. The Labute approximate surface area is 692 Å². The lowest BCUT2D eigenvalue weighted by atomic mass is 9.93. The van der Waals surface area contributed by atoms with Crippen LogP contribution in [-0.4, -0.2) is 246 Å². The second kappa shape index (κ2) is 270. The van der Waals surface area contributed by atoms with Crippen LogP contribution >= 0.6 is 45.2 Å². The first-order chi connectivity index (χ1) is 44.6. The molecule has 0 aliphatic carbocycles. The minimum atomic E-state index is 0. The minimum absolute atomic E-state index is 0. The molecule has 0 radical (unpaired) electrons. The predicted molar refractivity (Wildman–Crippen MR) is 500 cm³/mol. The molecular weight excluding hydrogens is 1590 g/mol. The van der Waals surface area contributed by atoms with E-state index in [0.717, 1.165) is 0 Å². The summed E-state index contributed by atoms with van der Waals surface area (Å²) in [6.07, 6.45) is 0. The second-order valence-electron chi connectivity index (χ2n) is 14.5. The molecule has 0 aliphatic rings. The largest absolute Gasteiger partial charge is 0.397 e. The van der Waals surface area contributed by atoms with Crippen molar-refractivity contribution in [2.24, 2.45) is 0 Å². The predicted octanol–water partition coefficient (Wildman–Crippen LogP) is 16.8. The maximum atomic E-state index is 7.57. The third kappa shape index (κ3) is 387. The van der Waals surface area contributed by atoms with Crippen molar-refractivity contribution in [2.45, 2.75) is 267 Å². The standard InChI is InChI=1S/C15H16.C14H12I2.21C2H6O.12CH4/c1-12-8-10-15(11-9-12)13(2)14-6-4-3-5-7-14;1-10(11-2-6-13(15)7-3-11)12-4-8-14(16)9-5-12;21*1-2-3;;;;;;;;;;;;/h3-11,13H,1-2H3;2-10H,1H3;21*3H,2H2,1H3;12*1H4. The van der Waals surface area contributed by atoms with Gasteiger partial charge in [0.15, 0.2) is 0 Å². The van der Waals surface area contributed by atoms with Crippen LogP contribution in [0, 0.1) is 14.1 Å². The van der Waals surface area contributed by atoms with Crippen LogP contribution in [0.25, 0.3) is 0 Å². The van der Waals surface area contributed by atoms with Gasteiger partial charge in [-0.15, -0.1) is 0 Å². The molecule has 21 nitrogen and oxygen atoms in total. The first-order valence-electron chi connectivity index (χ1n) is 32.1. The number of hydrogen-bond acceptors (Lipinski definition) is 21. The fraction of sp³-hybridized carbons (Fsp3) is 0.711. The van der Waals surface area contributed by atoms with Crippen LogP contribution in [0.2, 0.25) is 0 Å². The van der Waals surface area contributed by atoms with Crippen LogP contribution in [0.15, 0.2) is 103 Å². The third-order valence-electron chi connectivity index (χ3n) is 5.62. The van der Waals surface area contributed by atoms with E-state index >= 15 is 0 Å². The summed E-state index contributed by atoms with van der Waals surface area (Å²) in [6.45, 7) is 47.2. The normalized spacial score (nSPS) is 6.94. The maximum Gasteiger partial charge on any atom is 0.0402 e. The Morgan fingerprint density at radius 3 is 0.396 bits per heavy atom. The lowest BCUT2D eigenvalue weighted by molar-refractivity contribution is 0.318. The molecule has 0 saturated heterocycles. The summed E-state index contributed by atoms with van der Waals surface area (Å²) in [4.78, 5) is 0. The van der Waals surface area contributed by atoms with E-state index < -0.39 is 0 Å². The van der Waals surface area contributed by atoms with Gasteiger partial charge in [-0.3, -0.25) is 0 Å². The zero-order valence-electron chi connectivity index (χ0n) is 63.5. The highest BCUT2D eigenvalue weighted by molar-refractivity contribution is 14.1. The van der Waals surface area contributed by atoms with Crippen molar-refractivity contribution < 1.29 is 107 Å². The van der Waals surface area contributed by atoms with Gasteiger partial charge in [-0.05, 0) is 244 Å². The van der Waals surface area contributed by atoms with Gasteiger partial charge in [0.05, 0.1) is 0 Å². The molecule has 1 atom stereocenters. The molecule has 0 saturated carbocycles. The van der Waals surface area contributed by atoms with E-state index in [2.05, 4.69) is 169 Å². The minimum Gasteiger partial charge on any atom is -0.397 e. The lowest BCUT2D eigenvalue weighted by Crippen LogP contribution is -1.95. The molecule has 674 valence electrons. The fourth-order valence-corrected chi connectivity index (χ4v) is 4.20. The van der Waals surface area contributed by atoms with Gasteiger partial charge in [0, 0.05) is 158 Å². The topological polar surface area (TPSA) is 425 Å². The van der Waals surface area contributed by atoms with Crippen LogP contribution < -0.4 is 0 Å². The van der Waals surface area contributed by atoms with E-state index in [-0.39, 0.29) is 228 Å². The number of rotatable bonds is 4. The average molecular weight is 1790 g/mol. The molecule has 1 unspecified atom stereocenters. The van der Waals surface area contributed by atoms with Crippen LogP contribution in [0.4, 0.5) is 0 Å². The lowest BCUT2D eigenvalue weighted by Gasteiger charge is -2.12. The Morgan fingerprint density at radius 1 is 0.189 bits per heavy atom. The number of halogens is 2. The van der Waals surface area contributed by atoms with Gasteiger partial charge in [-0.2, -0.15) is 0 Å². The molecule has 0 bridgehead atoms. The highest BCUT2D eigenvalue weighted by atomic mass is 127. The van der Waals surface area contributed by atoms with Gasteiger partial charge < -0.3 is 107 Å². The Balaban J connectivity index is -0.0000000200. The first kappa shape index (κ1) is 207. The van der Waals surface area contributed by atoms with Gasteiger partial charge in [-0.25, -0.2) is 0 Å². The van der Waals surface area contributed by atoms with Gasteiger partial charge in [0.2, 0.25) is 0 Å². The van der Waals surface area contributed by atoms with Gasteiger partial charge in [-0.1, -0.05) is 187 Å². The van der Waals surface area contributed by atoms with Crippen molar-refractivity contribution >= 4 is 45.2 Å². The number of hydrogen-bond donors (Lipinski definition) is 21. The second-order valence-corrected chi connectivity index (χ2v) is 17.0. The number of aliphatic hydroxyl groups is 21. The van der Waals surface area contributed by atoms with Gasteiger partial charge >= 0.3 is 0 Å². The number of aliphatic hydroxyl groups excluding tert-OH is 21. The fourth-order valence-electron chi connectivity index (χ4n) is 3.48. The summed E-state index contributed by atoms with van der Waals surface area (Å²) in [5.74, 6) is 0.945.